The lowest BCUT2D eigenvalue weighted by Gasteiger charge is -2.23. The van der Waals surface area contributed by atoms with E-state index >= 15 is 0 Å². The Labute approximate surface area is 168 Å². The minimum atomic E-state index is -0.661. The van der Waals surface area contributed by atoms with Gasteiger partial charge in [-0.25, -0.2) is 0 Å². The second-order valence-corrected chi connectivity index (χ2v) is 6.87. The molecule has 1 aromatic carbocycles. The fraction of sp³-hybridized carbons (Fsp3) is 0.562. The van der Waals surface area contributed by atoms with Gasteiger partial charge in [-0.3, -0.25) is 4.99 Å². The Bertz CT molecular complexity index is 477. The zero-order valence-corrected chi connectivity index (χ0v) is 17.6. The van der Waals surface area contributed by atoms with Crippen molar-refractivity contribution < 1.29 is 9.84 Å². The molecule has 1 fully saturated rings. The number of nitrogens with two attached hydrogens (primary N) is 1. The number of hydrogen-bond donors (Lipinski definition) is 3. The van der Waals surface area contributed by atoms with E-state index in [-0.39, 0.29) is 37.1 Å². The Balaban J connectivity index is 0.00000264. The molecular formula is C16H25I2N3O2. The Kier molecular flexibility index (Phi) is 10.2. The fourth-order valence-corrected chi connectivity index (χ4v) is 2.84. The minimum Gasteiger partial charge on any atom is -0.491 e. The number of nitrogens with one attached hydrogen (secondary N) is 1. The van der Waals surface area contributed by atoms with E-state index in [1.165, 1.54) is 19.3 Å². The molecule has 0 amide bonds. The number of aliphatic imine (C=N–C) groups is 1. The average molecular weight is 545 g/mol. The molecule has 1 aromatic rings. The van der Waals surface area contributed by atoms with Crippen LogP contribution in [0.4, 0.5) is 0 Å². The van der Waals surface area contributed by atoms with Gasteiger partial charge in [-0.1, -0.05) is 19.3 Å². The molecule has 0 saturated heterocycles. The van der Waals surface area contributed by atoms with Crippen molar-refractivity contribution in [2.75, 3.05) is 13.2 Å². The van der Waals surface area contributed by atoms with Crippen LogP contribution in [0, 0.1) is 3.57 Å². The van der Waals surface area contributed by atoms with Gasteiger partial charge in [0.25, 0.3) is 0 Å². The molecule has 1 aliphatic rings. The summed E-state index contributed by atoms with van der Waals surface area (Å²) < 4.78 is 6.67. The third kappa shape index (κ3) is 8.39. The lowest BCUT2D eigenvalue weighted by atomic mass is 9.96. The number of ether oxygens (including phenoxy) is 1. The summed E-state index contributed by atoms with van der Waals surface area (Å²) in [6, 6.07) is 8.13. The van der Waals surface area contributed by atoms with Crippen molar-refractivity contribution in [3.05, 3.63) is 27.8 Å². The van der Waals surface area contributed by atoms with Crippen LogP contribution in [-0.2, 0) is 0 Å². The summed E-state index contributed by atoms with van der Waals surface area (Å²) in [5, 5.41) is 13.1. The number of guanidine groups is 1. The highest BCUT2D eigenvalue weighted by atomic mass is 127. The zero-order valence-electron chi connectivity index (χ0n) is 13.1. The maximum Gasteiger partial charge on any atom is 0.188 e. The highest BCUT2D eigenvalue weighted by molar-refractivity contribution is 14.1. The molecule has 5 nitrogen and oxygen atoms in total. The third-order valence-corrected chi connectivity index (χ3v) is 4.40. The average Bonchev–Trinajstić information content (AvgIpc) is 2.53. The molecule has 23 heavy (non-hydrogen) atoms. The highest BCUT2D eigenvalue weighted by Crippen LogP contribution is 2.17. The smallest absolute Gasteiger partial charge is 0.188 e. The lowest BCUT2D eigenvalue weighted by Crippen LogP contribution is -2.41. The van der Waals surface area contributed by atoms with Gasteiger partial charge in [0, 0.05) is 9.61 Å². The molecule has 0 heterocycles. The molecule has 0 spiro atoms. The van der Waals surface area contributed by atoms with Crippen LogP contribution in [0.1, 0.15) is 32.1 Å². The van der Waals surface area contributed by atoms with Crippen LogP contribution in [0.2, 0.25) is 0 Å². The van der Waals surface area contributed by atoms with Crippen molar-refractivity contribution in [1.29, 1.82) is 0 Å². The van der Waals surface area contributed by atoms with Crippen molar-refractivity contribution in [2.45, 2.75) is 44.2 Å². The minimum absolute atomic E-state index is 0. The number of nitrogens with zero attached hydrogens (tertiary/aromatic N) is 1. The molecule has 2 rings (SSSR count). The Morgan fingerprint density at radius 2 is 1.96 bits per heavy atom. The van der Waals surface area contributed by atoms with Crippen molar-refractivity contribution in [1.82, 2.24) is 5.32 Å². The van der Waals surface area contributed by atoms with E-state index in [0.29, 0.717) is 12.0 Å². The first-order valence-electron chi connectivity index (χ1n) is 7.76. The van der Waals surface area contributed by atoms with Crippen molar-refractivity contribution in [2.24, 2.45) is 10.7 Å². The van der Waals surface area contributed by atoms with Gasteiger partial charge in [0.2, 0.25) is 0 Å². The van der Waals surface area contributed by atoms with Gasteiger partial charge in [-0.2, -0.15) is 0 Å². The normalized spacial score (nSPS) is 17.2. The molecule has 0 aliphatic heterocycles. The van der Waals surface area contributed by atoms with Crippen LogP contribution in [0.5, 0.6) is 5.75 Å². The fourth-order valence-electron chi connectivity index (χ4n) is 2.48. The Morgan fingerprint density at radius 1 is 1.30 bits per heavy atom. The molecular weight excluding hydrogens is 520 g/mol. The number of aliphatic hydroxyl groups excluding tert-OH is 1. The van der Waals surface area contributed by atoms with Crippen LogP contribution in [0.15, 0.2) is 29.3 Å². The van der Waals surface area contributed by atoms with Gasteiger partial charge >= 0.3 is 0 Å². The van der Waals surface area contributed by atoms with Gasteiger partial charge in [-0.15, -0.1) is 24.0 Å². The molecule has 0 bridgehead atoms. The third-order valence-electron chi connectivity index (χ3n) is 3.69. The van der Waals surface area contributed by atoms with Crippen molar-refractivity contribution >= 4 is 52.5 Å². The first kappa shape index (κ1) is 20.8. The van der Waals surface area contributed by atoms with Gasteiger partial charge < -0.3 is 20.9 Å². The maximum atomic E-state index is 9.90. The molecule has 0 aromatic heterocycles. The summed E-state index contributed by atoms with van der Waals surface area (Å²) in [5.74, 6) is 1.16. The van der Waals surface area contributed by atoms with Gasteiger partial charge in [0.05, 0.1) is 6.54 Å². The maximum absolute atomic E-state index is 9.90. The number of benzene rings is 1. The number of halogens is 2. The predicted molar refractivity (Wildman–Crippen MR) is 113 cm³/mol. The summed E-state index contributed by atoms with van der Waals surface area (Å²) >= 11 is 2.24. The summed E-state index contributed by atoms with van der Waals surface area (Å²) in [6.45, 7) is 0.455. The first-order valence-corrected chi connectivity index (χ1v) is 8.84. The molecule has 7 heteroatoms. The largest absolute Gasteiger partial charge is 0.491 e. The second-order valence-electron chi connectivity index (χ2n) is 5.62. The first-order chi connectivity index (χ1) is 10.6. The topological polar surface area (TPSA) is 79.9 Å². The Hall–Kier alpha value is -0.290. The number of rotatable bonds is 6. The summed E-state index contributed by atoms with van der Waals surface area (Å²) in [7, 11) is 0. The molecule has 4 N–H and O–H groups in total. The van der Waals surface area contributed by atoms with E-state index in [4.69, 9.17) is 10.5 Å². The lowest BCUT2D eigenvalue weighted by molar-refractivity contribution is 0.114. The van der Waals surface area contributed by atoms with Gasteiger partial charge in [-0.05, 0) is 59.7 Å². The SMILES string of the molecule is I.NC(=NCC(O)COc1ccc(I)cc1)NC1CCCCC1. The highest BCUT2D eigenvalue weighted by Gasteiger charge is 2.13. The predicted octanol–water partition coefficient (Wildman–Crippen LogP) is 2.89. The summed E-state index contributed by atoms with van der Waals surface area (Å²) in [5.41, 5.74) is 5.86. The molecule has 130 valence electrons. The van der Waals surface area contributed by atoms with E-state index in [2.05, 4.69) is 32.9 Å². The quantitative estimate of drug-likeness (QED) is 0.292. The van der Waals surface area contributed by atoms with Gasteiger partial charge in [0.15, 0.2) is 5.96 Å². The Morgan fingerprint density at radius 3 is 2.61 bits per heavy atom. The van der Waals surface area contributed by atoms with E-state index < -0.39 is 6.10 Å². The standard InChI is InChI=1S/C16H24IN3O2.HI/c17-12-6-8-15(9-7-12)22-11-14(21)10-19-16(18)20-13-4-2-1-3-5-13;/h6-9,13-14,21H,1-5,10-11H2,(H3,18,19,20);1H. The second kappa shape index (κ2) is 11.3. The summed E-state index contributed by atoms with van der Waals surface area (Å²) in [6.07, 6.45) is 5.44. The molecule has 1 saturated carbocycles. The van der Waals surface area contributed by atoms with E-state index in [0.717, 1.165) is 22.2 Å². The zero-order chi connectivity index (χ0) is 15.8. The monoisotopic (exact) mass is 545 g/mol. The van der Waals surface area contributed by atoms with Crippen molar-refractivity contribution in [3.8, 4) is 5.75 Å². The van der Waals surface area contributed by atoms with Crippen LogP contribution in [-0.4, -0.2) is 36.4 Å². The number of hydrogen-bond acceptors (Lipinski definition) is 3. The van der Waals surface area contributed by atoms with Crippen LogP contribution in [0.3, 0.4) is 0 Å². The van der Waals surface area contributed by atoms with Gasteiger partial charge in [0.1, 0.15) is 18.5 Å². The van der Waals surface area contributed by atoms with E-state index in [9.17, 15) is 5.11 Å². The van der Waals surface area contributed by atoms with E-state index in [1.54, 1.807) is 0 Å². The molecule has 1 unspecified atom stereocenters. The summed E-state index contributed by atoms with van der Waals surface area (Å²) in [4.78, 5) is 4.20. The van der Waals surface area contributed by atoms with Crippen LogP contribution >= 0.6 is 46.6 Å². The van der Waals surface area contributed by atoms with Crippen molar-refractivity contribution in [3.63, 3.8) is 0 Å². The van der Waals surface area contributed by atoms with Crippen LogP contribution in [0.25, 0.3) is 0 Å². The van der Waals surface area contributed by atoms with E-state index in [1.807, 2.05) is 24.3 Å². The number of aliphatic hydroxyl groups is 1. The van der Waals surface area contributed by atoms with Crippen LogP contribution < -0.4 is 15.8 Å². The molecule has 1 aliphatic carbocycles. The molecule has 0 radical (unpaired) electrons. The molecule has 1 atom stereocenters.